The van der Waals surface area contributed by atoms with E-state index in [2.05, 4.69) is 6.92 Å². The quantitative estimate of drug-likeness (QED) is 0.505. The first kappa shape index (κ1) is 20.2. The Balaban J connectivity index is 2.11. The second-order valence-electron chi connectivity index (χ2n) is 6.00. The van der Waals surface area contributed by atoms with Gasteiger partial charge in [0.15, 0.2) is 6.17 Å². The Bertz CT molecular complexity index is 281. The Morgan fingerprint density at radius 1 is 0.955 bits per heavy atom. The lowest BCUT2D eigenvalue weighted by Crippen LogP contribution is -2.56. The fraction of sp³-hybridized carbons (Fsp3) is 1.00. The normalized spacial score (nSPS) is 32.3. The molecule has 0 bridgehead atoms. The lowest BCUT2D eigenvalue weighted by molar-refractivity contribution is -0.188. The minimum atomic E-state index is -1.61. The van der Waals surface area contributed by atoms with E-state index in [0.717, 1.165) is 18.6 Å². The van der Waals surface area contributed by atoms with Crippen molar-refractivity contribution < 1.29 is 24.4 Å². The molecule has 1 aliphatic rings. The van der Waals surface area contributed by atoms with Crippen LogP contribution >= 0.6 is 11.8 Å². The molecule has 0 aromatic heterocycles. The molecule has 1 aliphatic heterocycles. The van der Waals surface area contributed by atoms with E-state index in [1.54, 1.807) is 0 Å². The Hall–Kier alpha value is 0.120. The van der Waals surface area contributed by atoms with Crippen LogP contribution in [0.1, 0.15) is 58.3 Å². The van der Waals surface area contributed by atoms with Gasteiger partial charge in [0.1, 0.15) is 23.7 Å². The summed E-state index contributed by atoms with van der Waals surface area (Å²) < 4.78 is 19.2. The van der Waals surface area contributed by atoms with E-state index < -0.39 is 36.5 Å². The standard InChI is InChI=1S/C16H31FO4S/c1-2-3-4-5-6-7-8-9-10-22-16-13(17)15(20)14(19)12(11-18)21-16/h12-16,18-20H,2-11H2,1H3/t12-,13+,14-,15-,16-/m1/s1. The summed E-state index contributed by atoms with van der Waals surface area (Å²) in [5.74, 6) is 0.765. The Kier molecular flexibility index (Phi) is 10.7. The highest BCUT2D eigenvalue weighted by molar-refractivity contribution is 7.99. The van der Waals surface area contributed by atoms with Crippen molar-refractivity contribution in [1.29, 1.82) is 0 Å². The van der Waals surface area contributed by atoms with Gasteiger partial charge in [-0.2, -0.15) is 0 Å². The van der Waals surface area contributed by atoms with Crippen molar-refractivity contribution in [2.75, 3.05) is 12.4 Å². The molecule has 0 aliphatic carbocycles. The maximum absolute atomic E-state index is 13.9. The van der Waals surface area contributed by atoms with Crippen molar-refractivity contribution in [3.05, 3.63) is 0 Å². The average molecular weight is 338 g/mol. The van der Waals surface area contributed by atoms with E-state index in [-0.39, 0.29) is 0 Å². The molecule has 132 valence electrons. The molecule has 3 N–H and O–H groups in total. The van der Waals surface area contributed by atoms with Gasteiger partial charge in [-0.25, -0.2) is 4.39 Å². The Labute approximate surface area is 137 Å². The molecule has 1 heterocycles. The lowest BCUT2D eigenvalue weighted by atomic mass is 10.0. The van der Waals surface area contributed by atoms with E-state index in [1.807, 2.05) is 0 Å². The van der Waals surface area contributed by atoms with Crippen LogP contribution in [0.5, 0.6) is 0 Å². The number of thioether (sulfide) groups is 1. The van der Waals surface area contributed by atoms with E-state index in [4.69, 9.17) is 9.84 Å². The van der Waals surface area contributed by atoms with Crippen molar-refractivity contribution in [2.45, 2.75) is 88.2 Å². The van der Waals surface area contributed by atoms with Crippen LogP contribution in [0.25, 0.3) is 0 Å². The molecular formula is C16H31FO4S. The number of alkyl halides is 1. The van der Waals surface area contributed by atoms with Crippen LogP contribution in [-0.2, 0) is 4.74 Å². The molecule has 1 fully saturated rings. The van der Waals surface area contributed by atoms with Crippen molar-refractivity contribution in [1.82, 2.24) is 0 Å². The van der Waals surface area contributed by atoms with Crippen LogP contribution in [0.3, 0.4) is 0 Å². The molecule has 0 unspecified atom stereocenters. The number of halogens is 1. The van der Waals surface area contributed by atoms with Crippen molar-refractivity contribution >= 4 is 11.8 Å². The van der Waals surface area contributed by atoms with Gasteiger partial charge in [0.25, 0.3) is 0 Å². The van der Waals surface area contributed by atoms with Gasteiger partial charge in [-0.1, -0.05) is 51.9 Å². The van der Waals surface area contributed by atoms with Gasteiger partial charge in [0.2, 0.25) is 0 Å². The maximum atomic E-state index is 13.9. The minimum absolute atomic E-state index is 0.417. The molecular weight excluding hydrogens is 307 g/mol. The molecule has 0 radical (unpaired) electrons. The largest absolute Gasteiger partial charge is 0.394 e. The third kappa shape index (κ3) is 6.71. The molecule has 0 aromatic carbocycles. The van der Waals surface area contributed by atoms with E-state index in [9.17, 15) is 14.6 Å². The average Bonchev–Trinajstić information content (AvgIpc) is 2.53. The van der Waals surface area contributed by atoms with Crippen LogP contribution < -0.4 is 0 Å². The van der Waals surface area contributed by atoms with Crippen LogP contribution in [0, 0.1) is 0 Å². The molecule has 0 spiro atoms. The second-order valence-corrected chi connectivity index (χ2v) is 7.20. The van der Waals surface area contributed by atoms with Crippen LogP contribution in [0.15, 0.2) is 0 Å². The summed E-state index contributed by atoms with van der Waals surface area (Å²) in [6, 6.07) is 0. The smallest absolute Gasteiger partial charge is 0.164 e. The first-order valence-corrected chi connectivity index (χ1v) is 9.54. The topological polar surface area (TPSA) is 69.9 Å². The SMILES string of the molecule is CCCCCCCCCCS[C@H]1O[C@H](CO)[C@@H](O)[C@H](O)[C@@H]1F. The summed E-state index contributed by atoms with van der Waals surface area (Å²) in [7, 11) is 0. The predicted molar refractivity (Wildman–Crippen MR) is 87.7 cm³/mol. The minimum Gasteiger partial charge on any atom is -0.394 e. The van der Waals surface area contributed by atoms with Gasteiger partial charge < -0.3 is 20.1 Å². The van der Waals surface area contributed by atoms with Gasteiger partial charge >= 0.3 is 0 Å². The molecule has 0 saturated carbocycles. The summed E-state index contributed by atoms with van der Waals surface area (Å²) in [5, 5.41) is 28.3. The monoisotopic (exact) mass is 338 g/mol. The van der Waals surface area contributed by atoms with Gasteiger partial charge in [0.05, 0.1) is 6.61 Å². The number of rotatable bonds is 11. The van der Waals surface area contributed by atoms with Crippen molar-refractivity contribution in [2.24, 2.45) is 0 Å². The second kappa shape index (κ2) is 11.6. The van der Waals surface area contributed by atoms with Gasteiger partial charge in [-0.05, 0) is 12.2 Å². The van der Waals surface area contributed by atoms with Crippen LogP contribution in [0.2, 0.25) is 0 Å². The zero-order valence-electron chi connectivity index (χ0n) is 13.5. The fourth-order valence-corrected chi connectivity index (χ4v) is 3.78. The summed E-state index contributed by atoms with van der Waals surface area (Å²) in [5.41, 5.74) is -0.805. The molecule has 1 saturated heterocycles. The molecule has 5 atom stereocenters. The van der Waals surface area contributed by atoms with Gasteiger partial charge in [-0.3, -0.25) is 0 Å². The highest BCUT2D eigenvalue weighted by Gasteiger charge is 2.44. The highest BCUT2D eigenvalue weighted by Crippen LogP contribution is 2.31. The summed E-state index contributed by atoms with van der Waals surface area (Å²) >= 11 is 1.32. The third-order valence-electron chi connectivity index (χ3n) is 4.09. The predicted octanol–water partition coefficient (Wildman–Crippen LogP) is 2.64. The number of unbranched alkanes of at least 4 members (excludes halogenated alkanes) is 7. The molecule has 0 aromatic rings. The van der Waals surface area contributed by atoms with Crippen molar-refractivity contribution in [3.8, 4) is 0 Å². The maximum Gasteiger partial charge on any atom is 0.164 e. The van der Waals surface area contributed by atoms with Crippen molar-refractivity contribution in [3.63, 3.8) is 0 Å². The third-order valence-corrected chi connectivity index (χ3v) is 5.31. The lowest BCUT2D eigenvalue weighted by Gasteiger charge is -2.38. The van der Waals surface area contributed by atoms with E-state index in [1.165, 1.54) is 50.3 Å². The number of hydrogen-bond acceptors (Lipinski definition) is 5. The fourth-order valence-electron chi connectivity index (χ4n) is 2.61. The first-order chi connectivity index (χ1) is 10.6. The van der Waals surface area contributed by atoms with E-state index in [0.29, 0.717) is 0 Å². The first-order valence-electron chi connectivity index (χ1n) is 8.50. The zero-order valence-corrected chi connectivity index (χ0v) is 14.3. The zero-order chi connectivity index (χ0) is 16.4. The molecule has 0 amide bonds. The Morgan fingerprint density at radius 3 is 2.14 bits per heavy atom. The highest BCUT2D eigenvalue weighted by atomic mass is 32.2. The molecule has 22 heavy (non-hydrogen) atoms. The van der Waals surface area contributed by atoms with E-state index >= 15 is 0 Å². The molecule has 6 heteroatoms. The molecule has 1 rings (SSSR count). The number of hydrogen-bond donors (Lipinski definition) is 3. The summed E-state index contributed by atoms with van der Waals surface area (Å²) in [6.45, 7) is 1.79. The number of aliphatic hydroxyl groups is 3. The summed E-state index contributed by atoms with van der Waals surface area (Å²) in [6.07, 6.45) is 4.39. The van der Waals surface area contributed by atoms with Gasteiger partial charge in [0, 0.05) is 0 Å². The van der Waals surface area contributed by atoms with Crippen LogP contribution in [-0.4, -0.2) is 57.6 Å². The van der Waals surface area contributed by atoms with Gasteiger partial charge in [-0.15, -0.1) is 11.8 Å². The Morgan fingerprint density at radius 2 is 1.55 bits per heavy atom. The summed E-state index contributed by atoms with van der Waals surface area (Å²) in [4.78, 5) is 0. The number of aliphatic hydroxyl groups excluding tert-OH is 3. The molecule has 4 nitrogen and oxygen atoms in total. The van der Waals surface area contributed by atoms with Crippen LogP contribution in [0.4, 0.5) is 4.39 Å². The number of ether oxygens (including phenoxy) is 1.